The molecule has 0 bridgehead atoms. The van der Waals surface area contributed by atoms with Crippen LogP contribution in [-0.2, 0) is 19.1 Å². The molecule has 0 aromatic rings. The van der Waals surface area contributed by atoms with Gasteiger partial charge in [-0.25, -0.2) is 0 Å². The van der Waals surface area contributed by atoms with Crippen molar-refractivity contribution in [2.24, 2.45) is 17.8 Å². The van der Waals surface area contributed by atoms with Gasteiger partial charge in [0.1, 0.15) is 0 Å². The lowest BCUT2D eigenvalue weighted by atomic mass is 9.81. The summed E-state index contributed by atoms with van der Waals surface area (Å²) in [5, 5.41) is 0. The Kier molecular flexibility index (Phi) is 6.16. The third-order valence-corrected chi connectivity index (χ3v) is 3.19. The molecule has 2 unspecified atom stereocenters. The standard InChI is InChI=1S/C14H24O4/c1-4-17-13(15)11-6-5-7-12(8-11)14(16)18-9-10(2)3/h10-12H,4-9H2,1-3H3. The van der Waals surface area contributed by atoms with Crippen LogP contribution in [0.3, 0.4) is 0 Å². The predicted molar refractivity (Wildman–Crippen MR) is 67.9 cm³/mol. The van der Waals surface area contributed by atoms with Gasteiger partial charge in [-0.3, -0.25) is 9.59 Å². The van der Waals surface area contributed by atoms with Gasteiger partial charge >= 0.3 is 11.9 Å². The summed E-state index contributed by atoms with van der Waals surface area (Å²) >= 11 is 0. The minimum Gasteiger partial charge on any atom is -0.466 e. The zero-order chi connectivity index (χ0) is 13.5. The molecule has 0 aromatic heterocycles. The van der Waals surface area contributed by atoms with Gasteiger partial charge in [0, 0.05) is 0 Å². The summed E-state index contributed by atoms with van der Waals surface area (Å²) in [6.07, 6.45) is 3.13. The van der Waals surface area contributed by atoms with Crippen LogP contribution in [0.2, 0.25) is 0 Å². The van der Waals surface area contributed by atoms with Crippen molar-refractivity contribution in [3.8, 4) is 0 Å². The van der Waals surface area contributed by atoms with Crippen molar-refractivity contribution in [3.63, 3.8) is 0 Å². The number of hydrogen-bond donors (Lipinski definition) is 0. The molecule has 4 heteroatoms. The summed E-state index contributed by atoms with van der Waals surface area (Å²) in [6.45, 7) is 6.68. The van der Waals surface area contributed by atoms with Gasteiger partial charge in [0.25, 0.3) is 0 Å². The number of carbonyl (C=O) groups excluding carboxylic acids is 2. The van der Waals surface area contributed by atoms with Crippen molar-refractivity contribution in [1.82, 2.24) is 0 Å². The van der Waals surface area contributed by atoms with Gasteiger partial charge in [0.15, 0.2) is 0 Å². The Labute approximate surface area is 109 Å². The van der Waals surface area contributed by atoms with Crippen LogP contribution >= 0.6 is 0 Å². The van der Waals surface area contributed by atoms with E-state index < -0.39 is 0 Å². The smallest absolute Gasteiger partial charge is 0.308 e. The first-order chi connectivity index (χ1) is 8.54. The van der Waals surface area contributed by atoms with E-state index in [0.29, 0.717) is 25.6 Å². The van der Waals surface area contributed by atoms with E-state index in [1.54, 1.807) is 6.92 Å². The SMILES string of the molecule is CCOC(=O)C1CCCC(C(=O)OCC(C)C)C1. The Hall–Kier alpha value is -1.06. The average Bonchev–Trinajstić information content (AvgIpc) is 2.36. The van der Waals surface area contributed by atoms with Crippen LogP contribution < -0.4 is 0 Å². The Balaban J connectivity index is 2.42. The maximum atomic E-state index is 11.9. The van der Waals surface area contributed by atoms with Crippen LogP contribution in [-0.4, -0.2) is 25.2 Å². The van der Waals surface area contributed by atoms with E-state index in [2.05, 4.69) is 0 Å². The summed E-state index contributed by atoms with van der Waals surface area (Å²) in [7, 11) is 0. The number of ether oxygens (including phenoxy) is 2. The van der Waals surface area contributed by atoms with Crippen molar-refractivity contribution in [2.75, 3.05) is 13.2 Å². The fraction of sp³-hybridized carbons (Fsp3) is 0.857. The first kappa shape index (κ1) is 15.0. The molecule has 0 aliphatic heterocycles. The van der Waals surface area contributed by atoms with E-state index in [4.69, 9.17) is 9.47 Å². The van der Waals surface area contributed by atoms with Crippen LogP contribution in [0.25, 0.3) is 0 Å². The lowest BCUT2D eigenvalue weighted by molar-refractivity contribution is -0.155. The largest absolute Gasteiger partial charge is 0.466 e. The Morgan fingerprint density at radius 3 is 2.17 bits per heavy atom. The van der Waals surface area contributed by atoms with E-state index in [0.717, 1.165) is 19.3 Å². The van der Waals surface area contributed by atoms with Crippen LogP contribution in [0, 0.1) is 17.8 Å². The second-order valence-electron chi connectivity index (χ2n) is 5.34. The third-order valence-electron chi connectivity index (χ3n) is 3.19. The molecule has 1 rings (SSSR count). The van der Waals surface area contributed by atoms with E-state index in [1.165, 1.54) is 0 Å². The molecule has 0 radical (unpaired) electrons. The summed E-state index contributed by atoms with van der Waals surface area (Å²) in [5.41, 5.74) is 0. The van der Waals surface area contributed by atoms with Gasteiger partial charge in [0.2, 0.25) is 0 Å². The minimum atomic E-state index is -0.168. The molecule has 18 heavy (non-hydrogen) atoms. The number of esters is 2. The van der Waals surface area contributed by atoms with Crippen LogP contribution in [0.4, 0.5) is 0 Å². The molecule has 1 fully saturated rings. The summed E-state index contributed by atoms with van der Waals surface area (Å²) in [5.74, 6) is -0.239. The zero-order valence-corrected chi connectivity index (χ0v) is 11.6. The average molecular weight is 256 g/mol. The molecule has 0 spiro atoms. The lowest BCUT2D eigenvalue weighted by Gasteiger charge is -2.26. The normalized spacial score (nSPS) is 23.8. The molecule has 0 saturated heterocycles. The molecule has 0 heterocycles. The molecular weight excluding hydrogens is 232 g/mol. The predicted octanol–water partition coefficient (Wildman–Crippen LogP) is 2.56. The highest BCUT2D eigenvalue weighted by molar-refractivity contribution is 5.76. The highest BCUT2D eigenvalue weighted by Crippen LogP contribution is 2.30. The Bertz CT molecular complexity index is 286. The van der Waals surface area contributed by atoms with E-state index >= 15 is 0 Å². The summed E-state index contributed by atoms with van der Waals surface area (Å²) in [4.78, 5) is 23.5. The van der Waals surface area contributed by atoms with Crippen LogP contribution in [0.5, 0.6) is 0 Å². The van der Waals surface area contributed by atoms with Crippen LogP contribution in [0.1, 0.15) is 46.5 Å². The minimum absolute atomic E-state index is 0.129. The highest BCUT2D eigenvalue weighted by Gasteiger charge is 2.32. The van der Waals surface area contributed by atoms with E-state index in [9.17, 15) is 9.59 Å². The van der Waals surface area contributed by atoms with E-state index in [1.807, 2.05) is 13.8 Å². The van der Waals surface area contributed by atoms with Crippen molar-refractivity contribution in [3.05, 3.63) is 0 Å². The lowest BCUT2D eigenvalue weighted by Crippen LogP contribution is -2.30. The fourth-order valence-corrected chi connectivity index (χ4v) is 2.24. The topological polar surface area (TPSA) is 52.6 Å². The summed E-state index contributed by atoms with van der Waals surface area (Å²) in [6, 6.07) is 0. The zero-order valence-electron chi connectivity index (χ0n) is 11.6. The Morgan fingerprint density at radius 1 is 1.11 bits per heavy atom. The van der Waals surface area contributed by atoms with Crippen LogP contribution in [0.15, 0.2) is 0 Å². The van der Waals surface area contributed by atoms with Crippen molar-refractivity contribution in [1.29, 1.82) is 0 Å². The molecule has 1 aliphatic carbocycles. The number of carbonyl (C=O) groups is 2. The molecule has 0 N–H and O–H groups in total. The molecule has 4 nitrogen and oxygen atoms in total. The number of rotatable bonds is 5. The van der Waals surface area contributed by atoms with Gasteiger partial charge in [0.05, 0.1) is 25.0 Å². The third kappa shape index (κ3) is 4.67. The van der Waals surface area contributed by atoms with Gasteiger partial charge < -0.3 is 9.47 Å². The molecule has 0 amide bonds. The van der Waals surface area contributed by atoms with Gasteiger partial charge in [-0.2, -0.15) is 0 Å². The highest BCUT2D eigenvalue weighted by atomic mass is 16.5. The fourth-order valence-electron chi connectivity index (χ4n) is 2.24. The summed E-state index contributed by atoms with van der Waals surface area (Å²) < 4.78 is 10.3. The maximum absolute atomic E-state index is 11.9. The van der Waals surface area contributed by atoms with Crippen molar-refractivity contribution < 1.29 is 19.1 Å². The molecular formula is C14H24O4. The van der Waals surface area contributed by atoms with Gasteiger partial charge in [-0.1, -0.05) is 20.3 Å². The van der Waals surface area contributed by atoms with Gasteiger partial charge in [-0.15, -0.1) is 0 Å². The Morgan fingerprint density at radius 2 is 1.67 bits per heavy atom. The molecule has 1 saturated carbocycles. The first-order valence-electron chi connectivity index (χ1n) is 6.87. The maximum Gasteiger partial charge on any atom is 0.308 e. The van der Waals surface area contributed by atoms with Crippen molar-refractivity contribution >= 4 is 11.9 Å². The monoisotopic (exact) mass is 256 g/mol. The second-order valence-corrected chi connectivity index (χ2v) is 5.34. The molecule has 104 valence electrons. The van der Waals surface area contributed by atoms with Crippen molar-refractivity contribution in [2.45, 2.75) is 46.5 Å². The first-order valence-corrected chi connectivity index (χ1v) is 6.87. The molecule has 1 aliphatic rings. The van der Waals surface area contributed by atoms with E-state index in [-0.39, 0.29) is 23.8 Å². The molecule has 0 aromatic carbocycles. The van der Waals surface area contributed by atoms with Gasteiger partial charge in [-0.05, 0) is 32.1 Å². The molecule has 2 atom stereocenters. The number of hydrogen-bond acceptors (Lipinski definition) is 4. The quantitative estimate of drug-likeness (QED) is 0.709. The second kappa shape index (κ2) is 7.39.